The first-order valence-electron chi connectivity index (χ1n) is 11.4. The zero-order valence-electron chi connectivity index (χ0n) is 19.5. The van der Waals surface area contributed by atoms with E-state index in [1.165, 1.54) is 5.56 Å². The van der Waals surface area contributed by atoms with Crippen molar-refractivity contribution < 1.29 is 40.7 Å². The van der Waals surface area contributed by atoms with Crippen LogP contribution in [0.3, 0.4) is 0 Å². The molecule has 0 unspecified atom stereocenters. The van der Waals surface area contributed by atoms with Crippen molar-refractivity contribution >= 4 is 28.2 Å². The average molecular weight is 542 g/mol. The summed E-state index contributed by atoms with van der Waals surface area (Å²) in [7, 11) is 0. The molecule has 0 fully saturated rings. The van der Waals surface area contributed by atoms with Gasteiger partial charge in [0.1, 0.15) is 10.6 Å². The molecule has 0 aliphatic heterocycles. The van der Waals surface area contributed by atoms with E-state index in [1.54, 1.807) is 12.3 Å². The maximum absolute atomic E-state index is 13.2. The molecule has 37 heavy (non-hydrogen) atoms. The molecule has 0 saturated heterocycles. The fourth-order valence-corrected chi connectivity index (χ4v) is 5.18. The Balaban J connectivity index is 1.74. The molecule has 1 aromatic heterocycles. The Kier molecular flexibility index (Phi) is 7.36. The first kappa shape index (κ1) is 26.7. The van der Waals surface area contributed by atoms with Crippen LogP contribution in [0, 0.1) is 0 Å². The molecule has 1 aliphatic rings. The van der Waals surface area contributed by atoms with E-state index in [4.69, 9.17) is 4.74 Å². The minimum Gasteiger partial charge on any atom is -0.462 e. The molecule has 196 valence electrons. The number of hydrogen-bond donors (Lipinski definition) is 1. The largest absolute Gasteiger partial charge is 0.462 e. The molecular formula is C26H21F6NO3S. The predicted molar refractivity (Wildman–Crippen MR) is 127 cm³/mol. The Hall–Kier alpha value is -3.34. The Morgan fingerprint density at radius 1 is 0.919 bits per heavy atom. The molecule has 3 aromatic rings. The first-order valence-corrected chi connectivity index (χ1v) is 12.3. The number of aryl methyl sites for hydroxylation is 2. The third-order valence-electron chi connectivity index (χ3n) is 6.01. The second-order valence-electron chi connectivity index (χ2n) is 8.51. The van der Waals surface area contributed by atoms with E-state index in [-0.39, 0.29) is 23.2 Å². The summed E-state index contributed by atoms with van der Waals surface area (Å²) in [5.74, 6) is -1.99. The van der Waals surface area contributed by atoms with E-state index in [0.717, 1.165) is 42.6 Å². The van der Waals surface area contributed by atoms with Gasteiger partial charge in [-0.25, -0.2) is 4.79 Å². The summed E-state index contributed by atoms with van der Waals surface area (Å²) >= 11 is 0.928. The van der Waals surface area contributed by atoms with Gasteiger partial charge in [0.15, 0.2) is 0 Å². The van der Waals surface area contributed by atoms with Crippen LogP contribution in [0.15, 0.2) is 41.8 Å². The van der Waals surface area contributed by atoms with Crippen molar-refractivity contribution in [3.05, 3.63) is 75.2 Å². The number of carbonyl (C=O) groups excluding carboxylic acids is 2. The number of amides is 1. The lowest BCUT2D eigenvalue weighted by Crippen LogP contribution is -2.18. The SMILES string of the molecule is CCOC(=O)c1c(-c2ccc3c(c2)CCCC3)csc1NC(=O)c1cc(C(F)(F)F)cc(C(F)(F)F)c1. The van der Waals surface area contributed by atoms with Crippen molar-refractivity contribution in [2.75, 3.05) is 11.9 Å². The topological polar surface area (TPSA) is 55.4 Å². The lowest BCUT2D eigenvalue weighted by atomic mass is 9.89. The van der Waals surface area contributed by atoms with Crippen LogP contribution in [0.25, 0.3) is 11.1 Å². The number of esters is 1. The molecule has 1 heterocycles. The summed E-state index contributed by atoms with van der Waals surface area (Å²) in [6.45, 7) is 1.61. The highest BCUT2D eigenvalue weighted by atomic mass is 32.1. The maximum Gasteiger partial charge on any atom is 0.416 e. The van der Waals surface area contributed by atoms with Gasteiger partial charge in [-0.15, -0.1) is 11.3 Å². The van der Waals surface area contributed by atoms with Gasteiger partial charge in [-0.05, 0) is 67.5 Å². The molecule has 1 N–H and O–H groups in total. The number of fused-ring (bicyclic) bond motifs is 1. The Labute approximate surface area is 212 Å². The van der Waals surface area contributed by atoms with E-state index in [2.05, 4.69) is 5.32 Å². The van der Waals surface area contributed by atoms with Crippen molar-refractivity contribution in [3.8, 4) is 11.1 Å². The molecule has 4 nitrogen and oxygen atoms in total. The van der Waals surface area contributed by atoms with Gasteiger partial charge in [-0.3, -0.25) is 4.79 Å². The smallest absolute Gasteiger partial charge is 0.416 e. The van der Waals surface area contributed by atoms with Gasteiger partial charge >= 0.3 is 18.3 Å². The van der Waals surface area contributed by atoms with Gasteiger partial charge in [0, 0.05) is 16.5 Å². The lowest BCUT2D eigenvalue weighted by Gasteiger charge is -2.17. The highest BCUT2D eigenvalue weighted by Gasteiger charge is 2.37. The van der Waals surface area contributed by atoms with Crippen molar-refractivity contribution in [1.29, 1.82) is 0 Å². The standard InChI is InChI=1S/C26H21F6NO3S/c1-2-36-24(35)21-20(16-8-7-14-5-3-4-6-15(14)9-16)13-37-23(21)33-22(34)17-10-18(25(27,28)29)12-19(11-17)26(30,31)32/h7-13H,2-6H2,1H3,(H,33,34). The predicted octanol–water partition coefficient (Wildman–Crippen LogP) is 7.76. The molecule has 0 radical (unpaired) electrons. The van der Waals surface area contributed by atoms with Crippen LogP contribution < -0.4 is 5.32 Å². The number of thiophene rings is 1. The number of benzene rings is 2. The summed E-state index contributed by atoms with van der Waals surface area (Å²) in [5.41, 5.74) is -0.593. The monoisotopic (exact) mass is 541 g/mol. The summed E-state index contributed by atoms with van der Waals surface area (Å²) in [5, 5.41) is 3.88. The van der Waals surface area contributed by atoms with Crippen LogP contribution in [-0.2, 0) is 29.9 Å². The van der Waals surface area contributed by atoms with E-state index in [9.17, 15) is 35.9 Å². The molecule has 11 heteroatoms. The number of ether oxygens (including phenoxy) is 1. The minimum absolute atomic E-state index is 0.0148. The van der Waals surface area contributed by atoms with E-state index in [1.807, 2.05) is 18.2 Å². The molecule has 0 bridgehead atoms. The van der Waals surface area contributed by atoms with Gasteiger partial charge in [0.2, 0.25) is 0 Å². The lowest BCUT2D eigenvalue weighted by molar-refractivity contribution is -0.143. The number of nitrogens with one attached hydrogen (secondary N) is 1. The Morgan fingerprint density at radius 3 is 2.14 bits per heavy atom. The molecule has 0 atom stereocenters. The van der Waals surface area contributed by atoms with Gasteiger partial charge in [0.25, 0.3) is 5.91 Å². The Morgan fingerprint density at radius 2 is 1.54 bits per heavy atom. The van der Waals surface area contributed by atoms with Crippen molar-refractivity contribution in [2.24, 2.45) is 0 Å². The molecular weight excluding hydrogens is 520 g/mol. The third-order valence-corrected chi connectivity index (χ3v) is 6.90. The average Bonchev–Trinajstić information content (AvgIpc) is 3.26. The van der Waals surface area contributed by atoms with Gasteiger partial charge in [-0.2, -0.15) is 26.3 Å². The number of alkyl halides is 6. The van der Waals surface area contributed by atoms with Crippen LogP contribution in [0.4, 0.5) is 31.3 Å². The quantitative estimate of drug-likeness (QED) is 0.265. The van der Waals surface area contributed by atoms with Gasteiger partial charge in [-0.1, -0.05) is 18.2 Å². The normalized spacial score (nSPS) is 13.7. The number of carbonyl (C=O) groups is 2. The van der Waals surface area contributed by atoms with E-state index >= 15 is 0 Å². The van der Waals surface area contributed by atoms with Crippen LogP contribution in [0.1, 0.15) is 62.7 Å². The zero-order chi connectivity index (χ0) is 27.0. The zero-order valence-corrected chi connectivity index (χ0v) is 20.3. The fourth-order valence-electron chi connectivity index (χ4n) is 4.23. The number of halogens is 6. The van der Waals surface area contributed by atoms with Crippen molar-refractivity contribution in [3.63, 3.8) is 0 Å². The molecule has 0 spiro atoms. The van der Waals surface area contributed by atoms with E-state index in [0.29, 0.717) is 23.3 Å². The van der Waals surface area contributed by atoms with Crippen molar-refractivity contribution in [1.82, 2.24) is 0 Å². The number of hydrogen-bond acceptors (Lipinski definition) is 4. The number of rotatable bonds is 5. The molecule has 2 aromatic carbocycles. The maximum atomic E-state index is 13.2. The fraction of sp³-hybridized carbons (Fsp3) is 0.308. The van der Waals surface area contributed by atoms with Gasteiger partial charge < -0.3 is 10.1 Å². The summed E-state index contributed by atoms with van der Waals surface area (Å²) in [6.07, 6.45) is -6.27. The highest BCUT2D eigenvalue weighted by Crippen LogP contribution is 2.39. The molecule has 0 saturated carbocycles. The summed E-state index contributed by atoms with van der Waals surface area (Å²) in [4.78, 5) is 25.7. The van der Waals surface area contributed by atoms with Crippen LogP contribution in [0.2, 0.25) is 0 Å². The minimum atomic E-state index is -5.10. The first-order chi connectivity index (χ1) is 17.4. The summed E-state index contributed by atoms with van der Waals surface area (Å²) in [6, 6.07) is 6.38. The second kappa shape index (κ2) is 10.2. The van der Waals surface area contributed by atoms with E-state index < -0.39 is 40.9 Å². The molecule has 1 amide bonds. The number of anilines is 1. The van der Waals surface area contributed by atoms with Gasteiger partial charge in [0.05, 0.1) is 17.7 Å². The molecule has 4 rings (SSSR count). The molecule has 1 aliphatic carbocycles. The Bertz CT molecular complexity index is 1310. The van der Waals surface area contributed by atoms with Crippen LogP contribution in [-0.4, -0.2) is 18.5 Å². The van der Waals surface area contributed by atoms with Crippen LogP contribution >= 0.6 is 11.3 Å². The third kappa shape index (κ3) is 5.82. The van der Waals surface area contributed by atoms with Crippen LogP contribution in [0.5, 0.6) is 0 Å². The highest BCUT2D eigenvalue weighted by molar-refractivity contribution is 7.15. The van der Waals surface area contributed by atoms with Crippen molar-refractivity contribution in [2.45, 2.75) is 45.0 Å². The summed E-state index contributed by atoms with van der Waals surface area (Å²) < 4.78 is 84.5. The second-order valence-corrected chi connectivity index (χ2v) is 9.39.